The number of phosphoric ester groups is 1. The van der Waals surface area contributed by atoms with E-state index in [4.69, 9.17) is 9.79 Å². The zero-order chi connectivity index (χ0) is 9.61. The quantitative estimate of drug-likeness (QED) is 0.356. The second kappa shape index (κ2) is 5.66. The second-order valence-corrected chi connectivity index (χ2v) is 3.61. The number of amides is 1. The van der Waals surface area contributed by atoms with E-state index in [2.05, 4.69) is 25.8 Å². The number of alkyl halides is 1. The highest BCUT2D eigenvalue weighted by Gasteiger charge is 2.12. The van der Waals surface area contributed by atoms with E-state index in [1.165, 1.54) is 0 Å². The summed E-state index contributed by atoms with van der Waals surface area (Å²) in [5, 5.41) is 2.51. The Balaban J connectivity index is 3.34. The van der Waals surface area contributed by atoms with E-state index in [0.717, 1.165) is 0 Å². The summed E-state index contributed by atoms with van der Waals surface area (Å²) in [5.74, 6) is -0.260. The van der Waals surface area contributed by atoms with Crippen LogP contribution in [0.25, 0.3) is 0 Å². The van der Waals surface area contributed by atoms with E-state index in [0.29, 0.717) is 0 Å². The van der Waals surface area contributed by atoms with Crippen LogP contribution in [0.1, 0.15) is 0 Å². The van der Waals surface area contributed by atoms with Gasteiger partial charge in [-0.1, -0.05) is 15.9 Å². The highest BCUT2D eigenvalue weighted by atomic mass is 79.9. The van der Waals surface area contributed by atoms with Crippen molar-refractivity contribution in [3.63, 3.8) is 0 Å². The predicted molar refractivity (Wildman–Crippen MR) is 44.8 cm³/mol. The molecule has 12 heavy (non-hydrogen) atoms. The van der Waals surface area contributed by atoms with E-state index in [1.54, 1.807) is 0 Å². The van der Waals surface area contributed by atoms with E-state index in [1.807, 2.05) is 0 Å². The average Bonchev–Trinajstić information content (AvgIpc) is 1.96. The first kappa shape index (κ1) is 12.1. The Morgan fingerprint density at radius 1 is 1.58 bits per heavy atom. The molecule has 0 atom stereocenters. The van der Waals surface area contributed by atoms with Crippen molar-refractivity contribution in [2.45, 2.75) is 0 Å². The number of carbonyl (C=O) groups is 1. The van der Waals surface area contributed by atoms with Gasteiger partial charge in [-0.3, -0.25) is 9.32 Å². The number of carbonyl (C=O) groups excluding carboxylic acids is 1. The number of phosphoric acid groups is 1. The van der Waals surface area contributed by atoms with Crippen LogP contribution in [-0.2, 0) is 13.9 Å². The monoisotopic (exact) mass is 261 g/mol. The summed E-state index contributed by atoms with van der Waals surface area (Å²) in [6, 6.07) is 0. The number of hydrogen-bond acceptors (Lipinski definition) is 3. The van der Waals surface area contributed by atoms with Crippen LogP contribution in [0.4, 0.5) is 0 Å². The summed E-state index contributed by atoms with van der Waals surface area (Å²) in [6.07, 6.45) is 0. The molecule has 0 aliphatic carbocycles. The molecule has 6 nitrogen and oxygen atoms in total. The van der Waals surface area contributed by atoms with Crippen LogP contribution in [0.15, 0.2) is 0 Å². The van der Waals surface area contributed by atoms with Crippen molar-refractivity contribution in [2.24, 2.45) is 0 Å². The van der Waals surface area contributed by atoms with Gasteiger partial charge >= 0.3 is 7.82 Å². The van der Waals surface area contributed by atoms with Crippen molar-refractivity contribution in [3.8, 4) is 0 Å². The van der Waals surface area contributed by atoms with Gasteiger partial charge in [0, 0.05) is 6.54 Å². The van der Waals surface area contributed by atoms with Gasteiger partial charge in [0.25, 0.3) is 0 Å². The molecule has 0 spiro atoms. The molecule has 0 rings (SSSR count). The van der Waals surface area contributed by atoms with E-state index < -0.39 is 7.82 Å². The Morgan fingerprint density at radius 2 is 2.17 bits per heavy atom. The smallest absolute Gasteiger partial charge is 0.353 e. The van der Waals surface area contributed by atoms with Crippen LogP contribution < -0.4 is 5.32 Å². The van der Waals surface area contributed by atoms with E-state index in [9.17, 15) is 9.36 Å². The van der Waals surface area contributed by atoms with Crippen molar-refractivity contribution in [2.75, 3.05) is 18.5 Å². The van der Waals surface area contributed by atoms with Crippen molar-refractivity contribution in [1.82, 2.24) is 5.32 Å². The molecule has 0 aliphatic heterocycles. The minimum atomic E-state index is -4.40. The minimum absolute atomic E-state index is 0.0789. The first-order valence-corrected chi connectivity index (χ1v) is 5.63. The molecular formula is C4H9BrNO5P. The summed E-state index contributed by atoms with van der Waals surface area (Å²) in [6.45, 7) is -0.126. The Kier molecular flexibility index (Phi) is 5.69. The molecule has 0 fully saturated rings. The molecule has 8 heteroatoms. The average molecular weight is 262 g/mol. The van der Waals surface area contributed by atoms with E-state index in [-0.39, 0.29) is 24.4 Å². The second-order valence-electron chi connectivity index (χ2n) is 1.81. The van der Waals surface area contributed by atoms with Gasteiger partial charge in [-0.2, -0.15) is 0 Å². The fourth-order valence-corrected chi connectivity index (χ4v) is 0.930. The van der Waals surface area contributed by atoms with Gasteiger partial charge in [0.2, 0.25) is 5.91 Å². The van der Waals surface area contributed by atoms with Crippen molar-refractivity contribution in [3.05, 3.63) is 0 Å². The summed E-state index contributed by atoms with van der Waals surface area (Å²) < 4.78 is 14.2. The summed E-state index contributed by atoms with van der Waals surface area (Å²) in [7, 11) is -4.40. The lowest BCUT2D eigenvalue weighted by molar-refractivity contribution is -0.118. The molecule has 0 heterocycles. The van der Waals surface area contributed by atoms with Crippen LogP contribution in [0.3, 0.4) is 0 Å². The fraction of sp³-hybridized carbons (Fsp3) is 0.750. The molecule has 0 saturated heterocycles. The Morgan fingerprint density at radius 3 is 2.58 bits per heavy atom. The molecule has 0 aromatic heterocycles. The maximum absolute atomic E-state index is 10.5. The predicted octanol–water partition coefficient (Wildman–Crippen LogP) is -0.393. The van der Waals surface area contributed by atoms with Crippen molar-refractivity contribution >= 4 is 29.7 Å². The van der Waals surface area contributed by atoms with Crippen LogP contribution in [-0.4, -0.2) is 34.2 Å². The maximum Gasteiger partial charge on any atom is 0.469 e. The van der Waals surface area contributed by atoms with Gasteiger partial charge in [-0.15, -0.1) is 0 Å². The summed E-state index contributed by atoms with van der Waals surface area (Å²) >= 11 is 2.90. The highest BCUT2D eigenvalue weighted by molar-refractivity contribution is 9.09. The number of rotatable bonds is 5. The lowest BCUT2D eigenvalue weighted by Crippen LogP contribution is -2.27. The van der Waals surface area contributed by atoms with E-state index >= 15 is 0 Å². The standard InChI is InChI=1S/C4H9BrNO5P/c5-3-4(7)6-1-2-11-12(8,9)10/h1-3H2,(H,6,7)(H2,8,9,10). The zero-order valence-corrected chi connectivity index (χ0v) is 8.55. The molecule has 0 aromatic rings. The van der Waals surface area contributed by atoms with Crippen molar-refractivity contribution < 1.29 is 23.7 Å². The maximum atomic E-state index is 10.5. The third kappa shape index (κ3) is 8.16. The van der Waals surface area contributed by atoms with Gasteiger partial charge in [-0.25, -0.2) is 4.57 Å². The summed E-state index contributed by atoms with van der Waals surface area (Å²) in [4.78, 5) is 26.9. The molecule has 3 N–H and O–H groups in total. The molecule has 0 aliphatic rings. The largest absolute Gasteiger partial charge is 0.469 e. The van der Waals surface area contributed by atoms with Crippen LogP contribution >= 0.6 is 23.8 Å². The topological polar surface area (TPSA) is 95.9 Å². The first-order chi connectivity index (χ1) is 5.45. The number of nitrogens with one attached hydrogen (secondary N) is 1. The normalized spacial score (nSPS) is 11.2. The molecule has 0 saturated carbocycles. The van der Waals surface area contributed by atoms with Crippen LogP contribution in [0, 0.1) is 0 Å². The third-order valence-electron chi connectivity index (χ3n) is 0.805. The molecule has 0 bridgehead atoms. The molecule has 0 radical (unpaired) electrons. The first-order valence-electron chi connectivity index (χ1n) is 2.98. The van der Waals surface area contributed by atoms with Crippen molar-refractivity contribution in [1.29, 1.82) is 0 Å². The Hall–Kier alpha value is 0.0600. The van der Waals surface area contributed by atoms with Gasteiger partial charge in [-0.05, 0) is 0 Å². The fourth-order valence-electron chi connectivity index (χ4n) is 0.402. The van der Waals surface area contributed by atoms with Gasteiger partial charge in [0.05, 0.1) is 11.9 Å². The highest BCUT2D eigenvalue weighted by Crippen LogP contribution is 2.34. The Bertz CT molecular complexity index is 192. The number of halogens is 1. The number of hydrogen-bond donors (Lipinski definition) is 3. The molecule has 0 aromatic carbocycles. The zero-order valence-electron chi connectivity index (χ0n) is 6.07. The van der Waals surface area contributed by atoms with Crippen LogP contribution in [0.5, 0.6) is 0 Å². The minimum Gasteiger partial charge on any atom is -0.353 e. The van der Waals surface area contributed by atoms with Gasteiger partial charge < -0.3 is 15.1 Å². The summed E-state index contributed by atoms with van der Waals surface area (Å²) in [5.41, 5.74) is 0. The van der Waals surface area contributed by atoms with Gasteiger partial charge in [0.1, 0.15) is 0 Å². The lowest BCUT2D eigenvalue weighted by atomic mass is 10.6. The Labute approximate surface area is 77.7 Å². The lowest BCUT2D eigenvalue weighted by Gasteiger charge is -2.05. The van der Waals surface area contributed by atoms with Crippen LogP contribution in [0.2, 0.25) is 0 Å². The molecule has 1 amide bonds. The third-order valence-corrected chi connectivity index (χ3v) is 1.83. The molecule has 0 unspecified atom stereocenters. The molecular weight excluding hydrogens is 253 g/mol. The molecule has 72 valence electrons. The SMILES string of the molecule is O=C(CBr)NCCOP(=O)(O)O. The van der Waals surface area contributed by atoms with Gasteiger partial charge in [0.15, 0.2) is 0 Å².